The first-order valence-corrected chi connectivity index (χ1v) is 6.81. The molecule has 0 heterocycles. The van der Waals surface area contributed by atoms with E-state index in [4.69, 9.17) is 0 Å². The number of benzene rings is 2. The van der Waals surface area contributed by atoms with Crippen molar-refractivity contribution >= 4 is 11.8 Å². The second kappa shape index (κ2) is 4.93. The van der Waals surface area contributed by atoms with Gasteiger partial charge in [0.25, 0.3) is 0 Å². The summed E-state index contributed by atoms with van der Waals surface area (Å²) < 4.78 is 0. The summed E-state index contributed by atoms with van der Waals surface area (Å²) >= 11 is 0. The lowest BCUT2D eigenvalue weighted by Gasteiger charge is -2.10. The summed E-state index contributed by atoms with van der Waals surface area (Å²) in [7, 11) is 0. The maximum atomic E-state index is 3.50. The van der Waals surface area contributed by atoms with Crippen LogP contribution >= 0.6 is 0 Å². The highest BCUT2D eigenvalue weighted by Crippen LogP contribution is 2.28. The highest BCUT2D eigenvalue weighted by atomic mass is 14.9. The molecule has 0 atom stereocenters. The van der Waals surface area contributed by atoms with Crippen LogP contribution in [0.5, 0.6) is 0 Å². The average molecular weight is 249 g/mol. The van der Waals surface area contributed by atoms with Crippen molar-refractivity contribution in [1.82, 2.24) is 0 Å². The summed E-state index contributed by atoms with van der Waals surface area (Å²) in [5.41, 5.74) is 8.19. The summed E-state index contributed by atoms with van der Waals surface area (Å²) in [6.07, 6.45) is 3.43. The van der Waals surface area contributed by atoms with Gasteiger partial charge in [-0.15, -0.1) is 0 Å². The van der Waals surface area contributed by atoms with Crippen LogP contribution in [0.2, 0.25) is 0 Å². The maximum absolute atomic E-state index is 3.50. The van der Waals surface area contributed by atoms with E-state index in [9.17, 15) is 0 Å². The monoisotopic (exact) mass is 249 g/mol. The quantitative estimate of drug-likeness (QED) is 0.840. The first-order chi connectivity index (χ1) is 9.22. The first kappa shape index (κ1) is 12.0. The van der Waals surface area contributed by atoms with Gasteiger partial charge in [0.2, 0.25) is 0 Å². The van der Waals surface area contributed by atoms with Crippen molar-refractivity contribution in [3.63, 3.8) is 0 Å². The zero-order chi connectivity index (χ0) is 13.2. The molecule has 2 aromatic rings. The SMILES string of the molecule is CC1=Cc2c(CNc3ccc(C)cc3)cccc2C1. The number of nitrogens with one attached hydrogen (secondary N) is 1. The molecule has 0 aliphatic heterocycles. The second-order valence-electron chi connectivity index (χ2n) is 5.38. The summed E-state index contributed by atoms with van der Waals surface area (Å²) in [6, 6.07) is 15.2. The topological polar surface area (TPSA) is 12.0 Å². The van der Waals surface area contributed by atoms with Gasteiger partial charge in [-0.2, -0.15) is 0 Å². The minimum atomic E-state index is 0.885. The van der Waals surface area contributed by atoms with Crippen molar-refractivity contribution in [2.75, 3.05) is 5.32 Å². The Kier molecular flexibility index (Phi) is 3.12. The largest absolute Gasteiger partial charge is 0.381 e. The molecular weight excluding hydrogens is 230 g/mol. The highest BCUT2D eigenvalue weighted by molar-refractivity contribution is 5.66. The highest BCUT2D eigenvalue weighted by Gasteiger charge is 2.12. The second-order valence-corrected chi connectivity index (χ2v) is 5.38. The van der Waals surface area contributed by atoms with Crippen molar-refractivity contribution in [2.45, 2.75) is 26.8 Å². The molecule has 0 amide bonds. The van der Waals surface area contributed by atoms with Crippen LogP contribution < -0.4 is 5.32 Å². The third kappa shape index (κ3) is 2.55. The van der Waals surface area contributed by atoms with E-state index < -0.39 is 0 Å². The third-order valence-corrected chi connectivity index (χ3v) is 3.68. The van der Waals surface area contributed by atoms with E-state index in [1.165, 1.54) is 33.5 Å². The van der Waals surface area contributed by atoms with Crippen LogP contribution in [0.4, 0.5) is 5.69 Å². The fraction of sp³-hybridized carbons (Fsp3) is 0.222. The standard InChI is InChI=1S/C18H19N/c1-13-6-8-17(9-7-13)19-12-16-5-3-4-15-10-14(2)11-18(15)16/h3-9,11,19H,10,12H2,1-2H3. The molecule has 0 spiro atoms. The Bertz CT molecular complexity index is 621. The van der Waals surface area contributed by atoms with Gasteiger partial charge < -0.3 is 5.32 Å². The Labute approximate surface area is 115 Å². The molecule has 0 radical (unpaired) electrons. The molecule has 0 saturated heterocycles. The van der Waals surface area contributed by atoms with Crippen molar-refractivity contribution in [3.05, 3.63) is 70.3 Å². The lowest BCUT2D eigenvalue weighted by atomic mass is 10.0. The van der Waals surface area contributed by atoms with Crippen molar-refractivity contribution < 1.29 is 0 Å². The van der Waals surface area contributed by atoms with Gasteiger partial charge in [-0.1, -0.05) is 47.5 Å². The normalized spacial score (nSPS) is 13.1. The predicted octanol–water partition coefficient (Wildman–Crippen LogP) is 4.57. The van der Waals surface area contributed by atoms with Crippen LogP contribution in [-0.2, 0) is 13.0 Å². The van der Waals surface area contributed by atoms with Crippen molar-refractivity contribution in [1.29, 1.82) is 0 Å². The average Bonchev–Trinajstić information content (AvgIpc) is 2.79. The van der Waals surface area contributed by atoms with Crippen LogP contribution in [0.1, 0.15) is 29.2 Å². The molecular formula is C18H19N. The molecule has 2 aromatic carbocycles. The summed E-state index contributed by atoms with van der Waals surface area (Å²) in [5, 5.41) is 3.50. The summed E-state index contributed by atoms with van der Waals surface area (Å²) in [6.45, 7) is 5.20. The van der Waals surface area contributed by atoms with Crippen molar-refractivity contribution in [3.8, 4) is 0 Å². The Morgan fingerprint density at radius 3 is 2.58 bits per heavy atom. The van der Waals surface area contributed by atoms with Gasteiger partial charge in [0.05, 0.1) is 0 Å². The smallest absolute Gasteiger partial charge is 0.0406 e. The fourth-order valence-corrected chi connectivity index (χ4v) is 2.63. The molecule has 1 nitrogen and oxygen atoms in total. The first-order valence-electron chi connectivity index (χ1n) is 6.81. The number of hydrogen-bond donors (Lipinski definition) is 1. The van der Waals surface area contributed by atoms with E-state index in [-0.39, 0.29) is 0 Å². The number of rotatable bonds is 3. The predicted molar refractivity (Wildman–Crippen MR) is 82.3 cm³/mol. The van der Waals surface area contributed by atoms with Gasteiger partial charge >= 0.3 is 0 Å². The number of allylic oxidation sites excluding steroid dienone is 1. The zero-order valence-corrected chi connectivity index (χ0v) is 11.5. The maximum Gasteiger partial charge on any atom is 0.0406 e. The van der Waals surface area contributed by atoms with Gasteiger partial charge in [-0.3, -0.25) is 0 Å². The van der Waals surface area contributed by atoms with E-state index in [1.54, 1.807) is 0 Å². The van der Waals surface area contributed by atoms with Crippen LogP contribution in [0.25, 0.3) is 6.08 Å². The number of fused-ring (bicyclic) bond motifs is 1. The van der Waals surface area contributed by atoms with E-state index in [0.717, 1.165) is 13.0 Å². The molecule has 1 aliphatic carbocycles. The van der Waals surface area contributed by atoms with Crippen LogP contribution in [-0.4, -0.2) is 0 Å². The molecule has 1 aliphatic rings. The zero-order valence-electron chi connectivity index (χ0n) is 11.5. The Morgan fingerprint density at radius 1 is 1.00 bits per heavy atom. The number of aryl methyl sites for hydroxylation is 1. The Balaban J connectivity index is 1.78. The minimum Gasteiger partial charge on any atom is -0.381 e. The minimum absolute atomic E-state index is 0.885. The Hall–Kier alpha value is -2.02. The van der Waals surface area contributed by atoms with E-state index in [1.807, 2.05) is 0 Å². The summed E-state index contributed by atoms with van der Waals surface area (Å²) in [5.74, 6) is 0. The number of hydrogen-bond acceptors (Lipinski definition) is 1. The third-order valence-electron chi connectivity index (χ3n) is 3.68. The van der Waals surface area contributed by atoms with Crippen LogP contribution in [0.15, 0.2) is 48.0 Å². The van der Waals surface area contributed by atoms with Gasteiger partial charge in [-0.25, -0.2) is 0 Å². The molecule has 0 fully saturated rings. The molecule has 3 rings (SSSR count). The van der Waals surface area contributed by atoms with Crippen molar-refractivity contribution in [2.24, 2.45) is 0 Å². The van der Waals surface area contributed by atoms with Crippen LogP contribution in [0.3, 0.4) is 0 Å². The van der Waals surface area contributed by atoms with E-state index in [2.05, 4.69) is 67.7 Å². The van der Waals surface area contributed by atoms with Gasteiger partial charge in [0.15, 0.2) is 0 Å². The molecule has 1 N–H and O–H groups in total. The number of anilines is 1. The van der Waals surface area contributed by atoms with Crippen LogP contribution in [0, 0.1) is 6.92 Å². The molecule has 1 heteroatoms. The lowest BCUT2D eigenvalue weighted by Crippen LogP contribution is -2.01. The van der Waals surface area contributed by atoms with Gasteiger partial charge in [0.1, 0.15) is 0 Å². The van der Waals surface area contributed by atoms with Gasteiger partial charge in [0, 0.05) is 12.2 Å². The molecule has 0 saturated carbocycles. The van der Waals surface area contributed by atoms with Gasteiger partial charge in [-0.05, 0) is 49.1 Å². The lowest BCUT2D eigenvalue weighted by molar-refractivity contribution is 1.12. The van der Waals surface area contributed by atoms with E-state index >= 15 is 0 Å². The molecule has 19 heavy (non-hydrogen) atoms. The summed E-state index contributed by atoms with van der Waals surface area (Å²) in [4.78, 5) is 0. The Morgan fingerprint density at radius 2 is 1.79 bits per heavy atom. The molecule has 0 unspecified atom stereocenters. The van der Waals surface area contributed by atoms with E-state index in [0.29, 0.717) is 0 Å². The molecule has 0 aromatic heterocycles. The fourth-order valence-electron chi connectivity index (χ4n) is 2.63. The molecule has 96 valence electrons. The molecule has 0 bridgehead atoms.